The van der Waals surface area contributed by atoms with Crippen molar-refractivity contribution < 1.29 is 0 Å². The second-order valence-corrected chi connectivity index (χ2v) is 4.11. The van der Waals surface area contributed by atoms with Crippen LogP contribution < -0.4 is 0 Å². The molecule has 2 aliphatic rings. The summed E-state index contributed by atoms with van der Waals surface area (Å²) in [5.74, 6) is 0. The third-order valence-electron chi connectivity index (χ3n) is 2.88. The van der Waals surface area contributed by atoms with Crippen LogP contribution in [0.5, 0.6) is 0 Å². The van der Waals surface area contributed by atoms with E-state index in [0.717, 1.165) is 6.54 Å². The Morgan fingerprint density at radius 2 is 2.00 bits per heavy atom. The van der Waals surface area contributed by atoms with Crippen molar-refractivity contribution in [2.45, 2.75) is 18.9 Å². The van der Waals surface area contributed by atoms with Crippen LogP contribution in [0.1, 0.15) is 18.4 Å². The Bertz CT molecular complexity index is 402. The third-order valence-corrected chi connectivity index (χ3v) is 2.88. The maximum Gasteiger partial charge on any atom is 0.172 e. The maximum atomic E-state index is 4.19. The van der Waals surface area contributed by atoms with Crippen LogP contribution in [0.2, 0.25) is 0 Å². The second-order valence-electron chi connectivity index (χ2n) is 4.11. The van der Waals surface area contributed by atoms with Gasteiger partial charge in [0.15, 0.2) is 6.34 Å². The summed E-state index contributed by atoms with van der Waals surface area (Å²) in [4.78, 5) is 6.42. The third kappa shape index (κ3) is 1.80. The predicted molar refractivity (Wildman–Crippen MR) is 61.6 cm³/mol. The first-order valence-electron chi connectivity index (χ1n) is 5.40. The molecule has 0 unspecified atom stereocenters. The molecule has 0 spiro atoms. The lowest BCUT2D eigenvalue weighted by Crippen LogP contribution is -2.28. The zero-order valence-corrected chi connectivity index (χ0v) is 8.56. The monoisotopic (exact) mass is 197 g/mol. The summed E-state index contributed by atoms with van der Waals surface area (Å²) in [5, 5.41) is 0. The highest BCUT2D eigenvalue weighted by Gasteiger charge is 2.29. The molecule has 3 rings (SSSR count). The molecule has 0 N–H and O–H groups in total. The van der Waals surface area contributed by atoms with Crippen molar-refractivity contribution in [3.05, 3.63) is 42.1 Å². The van der Waals surface area contributed by atoms with Crippen LogP contribution in [-0.4, -0.2) is 23.8 Å². The summed E-state index contributed by atoms with van der Waals surface area (Å²) >= 11 is 0. The van der Waals surface area contributed by atoms with Gasteiger partial charge in [-0.2, -0.15) is 0 Å². The van der Waals surface area contributed by atoms with Crippen LogP contribution >= 0.6 is 0 Å². The number of hydrogen-bond donors (Lipinski definition) is 0. The van der Waals surface area contributed by atoms with E-state index in [0.29, 0.717) is 6.04 Å². The van der Waals surface area contributed by atoms with Crippen LogP contribution in [0, 0.1) is 0 Å². The highest BCUT2D eigenvalue weighted by molar-refractivity contribution is 5.74. The molecule has 1 saturated carbocycles. The van der Waals surface area contributed by atoms with E-state index in [1.165, 1.54) is 24.0 Å². The molecule has 1 heterocycles. The Balaban J connectivity index is 1.82. The lowest BCUT2D eigenvalue weighted by atomic mass is 10.1. The first-order chi connectivity index (χ1) is 7.43. The van der Waals surface area contributed by atoms with Crippen molar-refractivity contribution in [2.24, 2.45) is 4.99 Å². The van der Waals surface area contributed by atoms with Crippen molar-refractivity contribution in [3.63, 3.8) is 0 Å². The van der Waals surface area contributed by atoms with Gasteiger partial charge in [-0.15, -0.1) is 0 Å². The Hall–Kier alpha value is -1.57. The van der Waals surface area contributed by atoms with Gasteiger partial charge in [-0.05, 0) is 24.0 Å². The van der Waals surface area contributed by atoms with E-state index < -0.39 is 0 Å². The lowest BCUT2D eigenvalue weighted by molar-refractivity contribution is 0.468. The molecule has 15 heavy (non-hydrogen) atoms. The van der Waals surface area contributed by atoms with Gasteiger partial charge in [0, 0.05) is 18.8 Å². The number of hydrogen-bond acceptors (Lipinski definition) is 2. The van der Waals surface area contributed by atoms with Gasteiger partial charge in [0.1, 0.15) is 0 Å². The van der Waals surface area contributed by atoms with Crippen LogP contribution in [0.25, 0.3) is 5.57 Å². The lowest BCUT2D eigenvalue weighted by Gasteiger charge is -2.22. The number of nitrogens with zero attached hydrogens (tertiary/aromatic N) is 2. The van der Waals surface area contributed by atoms with Crippen LogP contribution in [0.4, 0.5) is 0 Å². The number of aliphatic imine (C=N–C) groups is 1. The summed E-state index contributed by atoms with van der Waals surface area (Å²) < 4.78 is 0. The second kappa shape index (κ2) is 3.54. The fraction of sp³-hybridized carbons (Fsp3) is 0.308. The number of rotatable bonds is 2. The largest absolute Gasteiger partial charge is 0.346 e. The van der Waals surface area contributed by atoms with Gasteiger partial charge < -0.3 is 4.90 Å². The maximum absolute atomic E-state index is 4.19. The molecule has 2 heteroatoms. The van der Waals surface area contributed by atoms with E-state index in [4.69, 9.17) is 0 Å². The Morgan fingerprint density at radius 1 is 1.20 bits per heavy atom. The molecule has 1 aromatic carbocycles. The van der Waals surface area contributed by atoms with Gasteiger partial charge in [-0.3, -0.25) is 0 Å². The molecule has 1 fully saturated rings. The molecule has 75 valence electrons. The summed E-state index contributed by atoms with van der Waals surface area (Å²) in [6.45, 7) is 0.957. The fourth-order valence-corrected chi connectivity index (χ4v) is 1.86. The van der Waals surface area contributed by atoms with E-state index in [1.807, 2.05) is 12.3 Å². The number of benzene rings is 1. The Kier molecular flexibility index (Phi) is 2.05. The smallest absolute Gasteiger partial charge is 0.172 e. The zero-order chi connectivity index (χ0) is 10.1. The molecule has 0 amide bonds. The highest BCUT2D eigenvalue weighted by atomic mass is 15.2. The molecule has 2 nitrogen and oxygen atoms in total. The van der Waals surface area contributed by atoms with Crippen molar-refractivity contribution in [3.8, 4) is 0 Å². The van der Waals surface area contributed by atoms with E-state index in [2.05, 4.69) is 40.5 Å². The molecule has 0 atom stereocenters. The van der Waals surface area contributed by atoms with Gasteiger partial charge in [-0.1, -0.05) is 30.3 Å². The molecule has 1 aromatic rings. The summed E-state index contributed by atoms with van der Waals surface area (Å²) in [5.41, 5.74) is 2.56. The topological polar surface area (TPSA) is 15.6 Å². The molecule has 1 aliphatic heterocycles. The summed E-state index contributed by atoms with van der Waals surface area (Å²) in [6.07, 6.45) is 7.58. The minimum atomic E-state index is 0.696. The molecule has 1 radical (unpaired) electrons. The first-order valence-corrected chi connectivity index (χ1v) is 5.40. The Labute approximate surface area is 89.9 Å². The standard InChI is InChI=1S/C13H13N2/c1-2-4-11(5-3-1)12-8-14-10-15(9-12)13-6-7-13/h1-5,8,13H,6-7,9H2. The predicted octanol–water partition coefficient (Wildman–Crippen LogP) is 2.41. The molecular formula is C13H13N2. The quantitative estimate of drug-likeness (QED) is 0.711. The highest BCUT2D eigenvalue weighted by Crippen LogP contribution is 2.29. The molecule has 1 aliphatic carbocycles. The van der Waals surface area contributed by atoms with Gasteiger partial charge in [0.25, 0.3) is 0 Å². The normalized spacial score (nSPS) is 20.3. The van der Waals surface area contributed by atoms with E-state index >= 15 is 0 Å². The average Bonchev–Trinajstić information content (AvgIpc) is 3.14. The van der Waals surface area contributed by atoms with Crippen LogP contribution in [0.3, 0.4) is 0 Å². The summed E-state index contributed by atoms with van der Waals surface area (Å²) in [7, 11) is 0. The van der Waals surface area contributed by atoms with E-state index in [-0.39, 0.29) is 0 Å². The van der Waals surface area contributed by atoms with Gasteiger partial charge in [0.2, 0.25) is 0 Å². The molecular weight excluding hydrogens is 184 g/mol. The zero-order valence-electron chi connectivity index (χ0n) is 8.56. The van der Waals surface area contributed by atoms with Crippen LogP contribution in [-0.2, 0) is 0 Å². The van der Waals surface area contributed by atoms with Crippen molar-refractivity contribution in [1.29, 1.82) is 0 Å². The minimum absolute atomic E-state index is 0.696. The SMILES string of the molecule is [C]1=NC=C(c2ccccc2)CN1C1CC1. The minimum Gasteiger partial charge on any atom is -0.346 e. The van der Waals surface area contributed by atoms with Crippen molar-refractivity contribution >= 4 is 11.9 Å². The van der Waals surface area contributed by atoms with Crippen LogP contribution in [0.15, 0.2) is 41.5 Å². The van der Waals surface area contributed by atoms with E-state index in [9.17, 15) is 0 Å². The molecule has 0 saturated heterocycles. The fourth-order valence-electron chi connectivity index (χ4n) is 1.86. The van der Waals surface area contributed by atoms with Gasteiger partial charge >= 0.3 is 0 Å². The Morgan fingerprint density at radius 3 is 2.73 bits per heavy atom. The molecule has 0 aromatic heterocycles. The van der Waals surface area contributed by atoms with E-state index in [1.54, 1.807) is 0 Å². The summed E-state index contributed by atoms with van der Waals surface area (Å²) in [6, 6.07) is 11.1. The van der Waals surface area contributed by atoms with Gasteiger partial charge in [0.05, 0.1) is 0 Å². The molecule has 0 bridgehead atoms. The van der Waals surface area contributed by atoms with Crippen molar-refractivity contribution in [1.82, 2.24) is 4.90 Å². The first kappa shape index (κ1) is 8.72. The van der Waals surface area contributed by atoms with Gasteiger partial charge in [-0.25, -0.2) is 4.99 Å². The average molecular weight is 197 g/mol. The van der Waals surface area contributed by atoms with Crippen molar-refractivity contribution in [2.75, 3.05) is 6.54 Å².